The Morgan fingerprint density at radius 2 is 2.14 bits per heavy atom. The van der Waals surface area contributed by atoms with E-state index in [0.717, 1.165) is 13.0 Å². The lowest BCUT2D eigenvalue weighted by Gasteiger charge is -2.18. The highest BCUT2D eigenvalue weighted by Crippen LogP contribution is 2.16. The lowest BCUT2D eigenvalue weighted by Crippen LogP contribution is -2.27. The average molecular weight is 195 g/mol. The standard InChI is InChI=1S/C11H21N3/c1-5-11(13-9(3)4)10-7-12-14(6-2)8-10/h7-9,11,13H,5-6H2,1-4H3. The van der Waals surface area contributed by atoms with Gasteiger partial charge in [-0.2, -0.15) is 5.10 Å². The van der Waals surface area contributed by atoms with Crippen LogP contribution < -0.4 is 5.32 Å². The van der Waals surface area contributed by atoms with Crippen molar-refractivity contribution in [2.75, 3.05) is 0 Å². The minimum Gasteiger partial charge on any atom is -0.308 e. The first-order valence-corrected chi connectivity index (χ1v) is 5.45. The summed E-state index contributed by atoms with van der Waals surface area (Å²) in [6.07, 6.45) is 5.20. The predicted octanol–water partition coefficient (Wildman–Crippen LogP) is 2.35. The minimum atomic E-state index is 0.440. The van der Waals surface area contributed by atoms with Gasteiger partial charge in [0.25, 0.3) is 0 Å². The quantitative estimate of drug-likeness (QED) is 0.781. The highest BCUT2D eigenvalue weighted by molar-refractivity contribution is 5.10. The number of aromatic nitrogens is 2. The normalized spacial score (nSPS) is 13.5. The molecule has 0 aliphatic heterocycles. The zero-order valence-corrected chi connectivity index (χ0v) is 9.62. The fourth-order valence-electron chi connectivity index (χ4n) is 1.58. The van der Waals surface area contributed by atoms with Crippen LogP contribution in [0.2, 0.25) is 0 Å². The molecule has 0 spiro atoms. The monoisotopic (exact) mass is 195 g/mol. The van der Waals surface area contributed by atoms with Crippen LogP contribution in [0.3, 0.4) is 0 Å². The smallest absolute Gasteiger partial charge is 0.0537 e. The molecule has 1 rings (SSSR count). The van der Waals surface area contributed by atoms with Crippen LogP contribution in [0.4, 0.5) is 0 Å². The third kappa shape index (κ3) is 2.84. The first-order chi connectivity index (χ1) is 6.67. The van der Waals surface area contributed by atoms with E-state index in [9.17, 15) is 0 Å². The van der Waals surface area contributed by atoms with Gasteiger partial charge in [-0.3, -0.25) is 4.68 Å². The molecule has 1 aromatic heterocycles. The topological polar surface area (TPSA) is 29.9 Å². The molecule has 0 aliphatic carbocycles. The SMILES string of the molecule is CCC(NC(C)C)c1cnn(CC)c1. The first-order valence-electron chi connectivity index (χ1n) is 5.45. The van der Waals surface area contributed by atoms with Gasteiger partial charge in [0.05, 0.1) is 6.20 Å². The highest BCUT2D eigenvalue weighted by Gasteiger charge is 2.11. The van der Waals surface area contributed by atoms with Crippen LogP contribution in [-0.4, -0.2) is 15.8 Å². The summed E-state index contributed by atoms with van der Waals surface area (Å²) < 4.78 is 1.97. The summed E-state index contributed by atoms with van der Waals surface area (Å²) >= 11 is 0. The maximum atomic E-state index is 4.29. The van der Waals surface area contributed by atoms with Crippen LogP contribution in [0.5, 0.6) is 0 Å². The third-order valence-corrected chi connectivity index (χ3v) is 2.32. The minimum absolute atomic E-state index is 0.440. The summed E-state index contributed by atoms with van der Waals surface area (Å²) in [6.45, 7) is 9.59. The highest BCUT2D eigenvalue weighted by atomic mass is 15.3. The molecular formula is C11H21N3. The van der Waals surface area contributed by atoms with Crippen LogP contribution in [-0.2, 0) is 6.54 Å². The molecule has 0 saturated carbocycles. The average Bonchev–Trinajstić information content (AvgIpc) is 2.62. The molecule has 0 saturated heterocycles. The molecule has 1 heterocycles. The summed E-state index contributed by atoms with van der Waals surface area (Å²) in [5, 5.41) is 7.82. The second-order valence-corrected chi connectivity index (χ2v) is 3.91. The van der Waals surface area contributed by atoms with Crippen LogP contribution in [0.1, 0.15) is 45.7 Å². The third-order valence-electron chi connectivity index (χ3n) is 2.32. The van der Waals surface area contributed by atoms with Gasteiger partial charge in [0.2, 0.25) is 0 Å². The van der Waals surface area contributed by atoms with Gasteiger partial charge >= 0.3 is 0 Å². The molecule has 1 aromatic rings. The molecule has 0 aromatic carbocycles. The number of hydrogen-bond donors (Lipinski definition) is 1. The van der Waals surface area contributed by atoms with E-state index in [1.807, 2.05) is 10.9 Å². The Morgan fingerprint density at radius 3 is 2.57 bits per heavy atom. The zero-order chi connectivity index (χ0) is 10.6. The fourth-order valence-corrected chi connectivity index (χ4v) is 1.58. The van der Waals surface area contributed by atoms with Crippen LogP contribution in [0, 0.1) is 0 Å². The molecule has 80 valence electrons. The molecule has 3 nitrogen and oxygen atoms in total. The van der Waals surface area contributed by atoms with Crippen molar-refractivity contribution in [3.8, 4) is 0 Å². The van der Waals surface area contributed by atoms with Gasteiger partial charge in [-0.1, -0.05) is 20.8 Å². The van der Waals surface area contributed by atoms with E-state index in [0.29, 0.717) is 12.1 Å². The molecular weight excluding hydrogens is 174 g/mol. The molecule has 0 aliphatic rings. The fraction of sp³-hybridized carbons (Fsp3) is 0.727. The number of rotatable bonds is 5. The van der Waals surface area contributed by atoms with E-state index in [2.05, 4.69) is 44.3 Å². The molecule has 1 unspecified atom stereocenters. The van der Waals surface area contributed by atoms with Crippen molar-refractivity contribution >= 4 is 0 Å². The van der Waals surface area contributed by atoms with Crippen molar-refractivity contribution in [2.24, 2.45) is 0 Å². The van der Waals surface area contributed by atoms with Gasteiger partial charge in [0, 0.05) is 30.4 Å². The largest absolute Gasteiger partial charge is 0.308 e. The van der Waals surface area contributed by atoms with Crippen molar-refractivity contribution in [1.29, 1.82) is 0 Å². The second-order valence-electron chi connectivity index (χ2n) is 3.91. The number of nitrogens with zero attached hydrogens (tertiary/aromatic N) is 2. The molecule has 3 heteroatoms. The van der Waals surface area contributed by atoms with Crippen LogP contribution >= 0.6 is 0 Å². The summed E-state index contributed by atoms with van der Waals surface area (Å²) in [5.41, 5.74) is 1.29. The van der Waals surface area contributed by atoms with Crippen LogP contribution in [0.15, 0.2) is 12.4 Å². The van der Waals surface area contributed by atoms with E-state index in [-0.39, 0.29) is 0 Å². The van der Waals surface area contributed by atoms with Gasteiger partial charge < -0.3 is 5.32 Å². The Kier molecular flexibility index (Phi) is 4.14. The van der Waals surface area contributed by atoms with Crippen LogP contribution in [0.25, 0.3) is 0 Å². The number of hydrogen-bond acceptors (Lipinski definition) is 2. The maximum absolute atomic E-state index is 4.29. The Morgan fingerprint density at radius 1 is 1.43 bits per heavy atom. The molecule has 14 heavy (non-hydrogen) atoms. The van der Waals surface area contributed by atoms with Gasteiger partial charge in [-0.25, -0.2) is 0 Å². The Balaban J connectivity index is 2.68. The Bertz CT molecular complexity index is 265. The number of nitrogens with one attached hydrogen (secondary N) is 1. The summed E-state index contributed by atoms with van der Waals surface area (Å²) in [7, 11) is 0. The Hall–Kier alpha value is -0.830. The molecule has 0 amide bonds. The predicted molar refractivity (Wildman–Crippen MR) is 59.2 cm³/mol. The van der Waals surface area contributed by atoms with Gasteiger partial charge in [0.1, 0.15) is 0 Å². The van der Waals surface area contributed by atoms with E-state index in [4.69, 9.17) is 0 Å². The summed E-state index contributed by atoms with van der Waals surface area (Å²) in [6, 6.07) is 0.959. The van der Waals surface area contributed by atoms with Crippen molar-refractivity contribution in [2.45, 2.75) is 52.7 Å². The van der Waals surface area contributed by atoms with E-state index >= 15 is 0 Å². The number of aryl methyl sites for hydroxylation is 1. The molecule has 1 atom stereocenters. The summed E-state index contributed by atoms with van der Waals surface area (Å²) in [4.78, 5) is 0. The van der Waals surface area contributed by atoms with E-state index in [1.54, 1.807) is 0 Å². The van der Waals surface area contributed by atoms with Crippen molar-refractivity contribution in [3.05, 3.63) is 18.0 Å². The van der Waals surface area contributed by atoms with Gasteiger partial charge in [-0.05, 0) is 13.3 Å². The summed E-state index contributed by atoms with van der Waals surface area (Å²) in [5.74, 6) is 0. The van der Waals surface area contributed by atoms with Crippen molar-refractivity contribution < 1.29 is 0 Å². The van der Waals surface area contributed by atoms with Gasteiger partial charge in [0.15, 0.2) is 0 Å². The second kappa shape index (κ2) is 5.15. The molecule has 1 N–H and O–H groups in total. The van der Waals surface area contributed by atoms with Gasteiger partial charge in [-0.15, -0.1) is 0 Å². The molecule has 0 fully saturated rings. The Labute approximate surface area is 86.5 Å². The molecule has 0 bridgehead atoms. The molecule has 0 radical (unpaired) electrons. The van der Waals surface area contributed by atoms with E-state index < -0.39 is 0 Å². The maximum Gasteiger partial charge on any atom is 0.0537 e. The zero-order valence-electron chi connectivity index (χ0n) is 9.62. The van der Waals surface area contributed by atoms with Crippen molar-refractivity contribution in [3.63, 3.8) is 0 Å². The lowest BCUT2D eigenvalue weighted by molar-refractivity contribution is 0.466. The first kappa shape index (κ1) is 11.2. The van der Waals surface area contributed by atoms with Crippen molar-refractivity contribution in [1.82, 2.24) is 15.1 Å². The lowest BCUT2D eigenvalue weighted by atomic mass is 10.1. The van der Waals surface area contributed by atoms with E-state index in [1.165, 1.54) is 5.56 Å².